The summed E-state index contributed by atoms with van der Waals surface area (Å²) in [7, 11) is 0. The minimum Gasteiger partial charge on any atom is -0.425 e. The van der Waals surface area contributed by atoms with E-state index in [1.807, 2.05) is 0 Å². The normalized spacial score (nSPS) is 26.5. The van der Waals surface area contributed by atoms with E-state index < -0.39 is 0 Å². The molecule has 0 aliphatic heterocycles. The zero-order valence-electron chi connectivity index (χ0n) is 11.7. The van der Waals surface area contributed by atoms with Crippen molar-refractivity contribution < 1.29 is 4.42 Å². The van der Waals surface area contributed by atoms with Crippen molar-refractivity contribution in [1.82, 2.24) is 10.2 Å². The van der Waals surface area contributed by atoms with E-state index in [4.69, 9.17) is 10.2 Å². The zero-order chi connectivity index (χ0) is 13.1. The Morgan fingerprint density at radius 1 is 1.17 bits per heavy atom. The van der Waals surface area contributed by atoms with Crippen LogP contribution in [0.5, 0.6) is 0 Å². The summed E-state index contributed by atoms with van der Waals surface area (Å²) in [6, 6.07) is 0.421. The third kappa shape index (κ3) is 3.31. The molecular weight excluding hydrogens is 226 g/mol. The Bertz CT molecular complexity index is 367. The molecule has 4 heteroatoms. The van der Waals surface area contributed by atoms with Gasteiger partial charge in [0.15, 0.2) is 0 Å². The number of nitrogens with zero attached hydrogens (tertiary/aromatic N) is 2. The van der Waals surface area contributed by atoms with Crippen LogP contribution in [0.15, 0.2) is 4.42 Å². The molecule has 1 heterocycles. The van der Waals surface area contributed by atoms with E-state index in [9.17, 15) is 0 Å². The van der Waals surface area contributed by atoms with E-state index in [2.05, 4.69) is 31.0 Å². The van der Waals surface area contributed by atoms with Crippen LogP contribution >= 0.6 is 0 Å². The van der Waals surface area contributed by atoms with Crippen molar-refractivity contribution in [3.8, 4) is 0 Å². The van der Waals surface area contributed by atoms with Gasteiger partial charge in [-0.05, 0) is 37.5 Å². The van der Waals surface area contributed by atoms with Crippen LogP contribution in [0, 0.1) is 11.8 Å². The maximum atomic E-state index is 5.95. The Balaban J connectivity index is 1.88. The van der Waals surface area contributed by atoms with Crippen molar-refractivity contribution in [2.24, 2.45) is 17.6 Å². The van der Waals surface area contributed by atoms with Crippen LogP contribution in [0.3, 0.4) is 0 Å². The predicted octanol–water partition coefficient (Wildman–Crippen LogP) is 2.89. The molecule has 1 saturated carbocycles. The first-order valence-electron chi connectivity index (χ1n) is 7.14. The van der Waals surface area contributed by atoms with E-state index in [0.717, 1.165) is 37.0 Å². The first-order chi connectivity index (χ1) is 8.56. The molecule has 1 fully saturated rings. The third-order valence-electron chi connectivity index (χ3n) is 4.09. The fourth-order valence-corrected chi connectivity index (χ4v) is 2.74. The third-order valence-corrected chi connectivity index (χ3v) is 4.09. The van der Waals surface area contributed by atoms with Gasteiger partial charge in [0.05, 0.1) is 0 Å². The Morgan fingerprint density at radius 3 is 2.39 bits per heavy atom. The molecule has 1 aliphatic rings. The van der Waals surface area contributed by atoms with Gasteiger partial charge in [-0.3, -0.25) is 0 Å². The smallest absolute Gasteiger partial charge is 0.219 e. The highest BCUT2D eigenvalue weighted by Crippen LogP contribution is 2.31. The number of hydrogen-bond acceptors (Lipinski definition) is 4. The molecule has 0 saturated heterocycles. The second kappa shape index (κ2) is 5.83. The maximum Gasteiger partial charge on any atom is 0.219 e. The van der Waals surface area contributed by atoms with E-state index in [1.165, 1.54) is 12.8 Å². The van der Waals surface area contributed by atoms with Gasteiger partial charge >= 0.3 is 0 Å². The summed E-state index contributed by atoms with van der Waals surface area (Å²) in [4.78, 5) is 0. The lowest BCUT2D eigenvalue weighted by Crippen LogP contribution is -2.29. The Hall–Kier alpha value is -0.900. The molecular formula is C14H25N3O. The monoisotopic (exact) mass is 251 g/mol. The summed E-state index contributed by atoms with van der Waals surface area (Å²) < 4.78 is 5.68. The Kier molecular flexibility index (Phi) is 4.38. The molecule has 1 aromatic rings. The number of hydrogen-bond donors (Lipinski definition) is 1. The molecule has 0 aromatic carbocycles. The summed E-state index contributed by atoms with van der Waals surface area (Å²) in [5, 5.41) is 8.24. The predicted molar refractivity (Wildman–Crippen MR) is 71.2 cm³/mol. The molecule has 1 aromatic heterocycles. The number of rotatable bonds is 4. The van der Waals surface area contributed by atoms with Crippen LogP contribution in [-0.2, 0) is 6.42 Å². The van der Waals surface area contributed by atoms with Crippen LogP contribution in [0.25, 0.3) is 0 Å². The van der Waals surface area contributed by atoms with Gasteiger partial charge < -0.3 is 10.2 Å². The molecule has 2 N–H and O–H groups in total. The molecule has 0 spiro atoms. The molecule has 0 bridgehead atoms. The van der Waals surface area contributed by atoms with Gasteiger partial charge in [-0.2, -0.15) is 0 Å². The highest BCUT2D eigenvalue weighted by Gasteiger charge is 2.25. The number of nitrogens with two attached hydrogens (primary N) is 1. The second-order valence-corrected chi connectivity index (χ2v) is 6.05. The lowest BCUT2D eigenvalue weighted by Gasteiger charge is -2.30. The van der Waals surface area contributed by atoms with Crippen LogP contribution in [0.4, 0.5) is 0 Å². The van der Waals surface area contributed by atoms with Crippen molar-refractivity contribution >= 4 is 0 Å². The molecule has 102 valence electrons. The SMILES string of the molecule is CC(C)c1nnc(CC(C)C2CCC(N)CC2)o1. The lowest BCUT2D eigenvalue weighted by molar-refractivity contribution is 0.234. The standard InChI is InChI=1S/C14H25N3O/c1-9(2)14-17-16-13(18-14)8-10(3)11-4-6-12(15)7-5-11/h9-12H,4-8,15H2,1-3H3. The maximum absolute atomic E-state index is 5.95. The summed E-state index contributed by atoms with van der Waals surface area (Å²) in [5.41, 5.74) is 5.95. The fourth-order valence-electron chi connectivity index (χ4n) is 2.74. The van der Waals surface area contributed by atoms with Gasteiger partial charge in [0.25, 0.3) is 0 Å². The summed E-state index contributed by atoms with van der Waals surface area (Å²) in [6.07, 6.45) is 5.72. The highest BCUT2D eigenvalue weighted by atomic mass is 16.4. The summed E-state index contributed by atoms with van der Waals surface area (Å²) in [5.74, 6) is 3.23. The van der Waals surface area contributed by atoms with E-state index in [1.54, 1.807) is 0 Å². The molecule has 0 amide bonds. The van der Waals surface area contributed by atoms with Crippen LogP contribution in [0.2, 0.25) is 0 Å². The van der Waals surface area contributed by atoms with Crippen LogP contribution in [-0.4, -0.2) is 16.2 Å². The number of aromatic nitrogens is 2. The van der Waals surface area contributed by atoms with Gasteiger partial charge in [-0.25, -0.2) is 0 Å². The largest absolute Gasteiger partial charge is 0.425 e. The first kappa shape index (κ1) is 13.5. The molecule has 1 aliphatic carbocycles. The minimum atomic E-state index is 0.314. The molecule has 1 atom stereocenters. The van der Waals surface area contributed by atoms with Crippen molar-refractivity contribution in [2.45, 2.75) is 64.8 Å². The first-order valence-corrected chi connectivity index (χ1v) is 7.14. The van der Waals surface area contributed by atoms with Gasteiger partial charge in [0.1, 0.15) is 0 Å². The van der Waals surface area contributed by atoms with E-state index in [0.29, 0.717) is 17.9 Å². The average molecular weight is 251 g/mol. The second-order valence-electron chi connectivity index (χ2n) is 6.05. The topological polar surface area (TPSA) is 64.9 Å². The molecule has 0 radical (unpaired) electrons. The molecule has 18 heavy (non-hydrogen) atoms. The van der Waals surface area contributed by atoms with Crippen molar-refractivity contribution in [2.75, 3.05) is 0 Å². The van der Waals surface area contributed by atoms with Gasteiger partial charge in [0.2, 0.25) is 11.8 Å². The molecule has 1 unspecified atom stereocenters. The van der Waals surface area contributed by atoms with Crippen LogP contribution < -0.4 is 5.73 Å². The van der Waals surface area contributed by atoms with E-state index >= 15 is 0 Å². The van der Waals surface area contributed by atoms with Crippen LogP contribution in [0.1, 0.15) is 64.2 Å². The summed E-state index contributed by atoms with van der Waals surface area (Å²) in [6.45, 7) is 6.44. The lowest BCUT2D eigenvalue weighted by atomic mass is 9.78. The molecule has 4 nitrogen and oxygen atoms in total. The Labute approximate surface area is 109 Å². The van der Waals surface area contributed by atoms with Gasteiger partial charge in [0, 0.05) is 18.4 Å². The average Bonchev–Trinajstić information content (AvgIpc) is 2.78. The minimum absolute atomic E-state index is 0.314. The highest BCUT2D eigenvalue weighted by molar-refractivity contribution is 4.89. The van der Waals surface area contributed by atoms with Gasteiger partial charge in [-0.1, -0.05) is 20.8 Å². The summed E-state index contributed by atoms with van der Waals surface area (Å²) >= 11 is 0. The van der Waals surface area contributed by atoms with Crippen molar-refractivity contribution in [3.63, 3.8) is 0 Å². The quantitative estimate of drug-likeness (QED) is 0.893. The zero-order valence-corrected chi connectivity index (χ0v) is 11.7. The van der Waals surface area contributed by atoms with Crippen molar-refractivity contribution in [3.05, 3.63) is 11.8 Å². The molecule has 2 rings (SSSR count). The van der Waals surface area contributed by atoms with Gasteiger partial charge in [-0.15, -0.1) is 10.2 Å². The van der Waals surface area contributed by atoms with Crippen molar-refractivity contribution in [1.29, 1.82) is 0 Å². The fraction of sp³-hybridized carbons (Fsp3) is 0.857. The van der Waals surface area contributed by atoms with E-state index in [-0.39, 0.29) is 0 Å². The Morgan fingerprint density at radius 2 is 1.83 bits per heavy atom.